The number of nitrogens with zero attached hydrogens (tertiary/aromatic N) is 1. The van der Waals surface area contributed by atoms with E-state index in [1.165, 1.54) is 15.6 Å². The molecule has 1 atom stereocenters. The fourth-order valence-electron chi connectivity index (χ4n) is 2.54. The molecule has 0 saturated carbocycles. The average Bonchev–Trinajstić information content (AvgIpc) is 2.97. The van der Waals surface area contributed by atoms with Gasteiger partial charge >= 0.3 is 0 Å². The SMILES string of the molecule is CCc1ccc(S(=O)(=O)N2CCCC2C(C)(C)O)s1. The Hall–Kier alpha value is -0.430. The maximum Gasteiger partial charge on any atom is 0.252 e. The van der Waals surface area contributed by atoms with Gasteiger partial charge in [-0.25, -0.2) is 8.42 Å². The summed E-state index contributed by atoms with van der Waals surface area (Å²) in [4.78, 5) is 1.07. The third-order valence-corrected chi connectivity index (χ3v) is 7.17. The van der Waals surface area contributed by atoms with Gasteiger partial charge in [-0.3, -0.25) is 0 Å². The van der Waals surface area contributed by atoms with Crippen molar-refractivity contribution in [3.8, 4) is 0 Å². The highest BCUT2D eigenvalue weighted by Gasteiger charge is 2.43. The van der Waals surface area contributed by atoms with E-state index in [1.807, 2.05) is 13.0 Å². The van der Waals surface area contributed by atoms with Crippen LogP contribution in [0, 0.1) is 0 Å². The van der Waals surface area contributed by atoms with Gasteiger partial charge < -0.3 is 5.11 Å². The number of sulfonamides is 1. The van der Waals surface area contributed by atoms with Crippen molar-refractivity contribution >= 4 is 21.4 Å². The molecule has 0 amide bonds. The minimum Gasteiger partial charge on any atom is -0.389 e. The number of aliphatic hydroxyl groups is 1. The van der Waals surface area contributed by atoms with Gasteiger partial charge in [-0.15, -0.1) is 11.3 Å². The number of hydrogen-bond donors (Lipinski definition) is 1. The molecule has 1 aliphatic rings. The Kier molecular flexibility index (Phi) is 4.07. The smallest absolute Gasteiger partial charge is 0.252 e. The van der Waals surface area contributed by atoms with E-state index in [-0.39, 0.29) is 6.04 Å². The second-order valence-electron chi connectivity index (χ2n) is 5.50. The Labute approximate surface area is 119 Å². The van der Waals surface area contributed by atoms with Crippen LogP contribution in [0.15, 0.2) is 16.3 Å². The largest absolute Gasteiger partial charge is 0.389 e. The van der Waals surface area contributed by atoms with Gasteiger partial charge in [0.05, 0.1) is 11.6 Å². The molecular formula is C13H21NO3S2. The van der Waals surface area contributed by atoms with E-state index in [4.69, 9.17) is 0 Å². The van der Waals surface area contributed by atoms with Crippen LogP contribution in [0.3, 0.4) is 0 Å². The summed E-state index contributed by atoms with van der Waals surface area (Å²) in [5.41, 5.74) is -1.01. The average molecular weight is 303 g/mol. The molecule has 1 saturated heterocycles. The second kappa shape index (κ2) is 5.16. The fraction of sp³-hybridized carbons (Fsp3) is 0.692. The summed E-state index contributed by atoms with van der Waals surface area (Å²) < 4.78 is 27.2. The minimum absolute atomic E-state index is 0.329. The lowest BCUT2D eigenvalue weighted by molar-refractivity contribution is 0.0215. The molecule has 1 aromatic heterocycles. The van der Waals surface area contributed by atoms with Gasteiger partial charge in [-0.1, -0.05) is 6.92 Å². The van der Waals surface area contributed by atoms with Gasteiger partial charge in [0.15, 0.2) is 0 Å². The van der Waals surface area contributed by atoms with Crippen LogP contribution in [0.25, 0.3) is 0 Å². The van der Waals surface area contributed by atoms with Crippen molar-refractivity contribution in [3.05, 3.63) is 17.0 Å². The van der Waals surface area contributed by atoms with Crippen LogP contribution in [0.1, 0.15) is 38.5 Å². The fourth-order valence-corrected chi connectivity index (χ4v) is 5.78. The summed E-state index contributed by atoms with van der Waals surface area (Å²) in [5.74, 6) is 0. The Morgan fingerprint density at radius 1 is 1.47 bits per heavy atom. The number of thiophene rings is 1. The standard InChI is InChI=1S/C13H21NO3S2/c1-4-10-7-8-12(18-10)19(16,17)14-9-5-6-11(14)13(2,3)15/h7-8,11,15H,4-6,9H2,1-3H3. The summed E-state index contributed by atoms with van der Waals surface area (Å²) in [7, 11) is -3.47. The highest BCUT2D eigenvalue weighted by atomic mass is 32.2. The molecular weight excluding hydrogens is 282 g/mol. The topological polar surface area (TPSA) is 57.6 Å². The van der Waals surface area contributed by atoms with Crippen molar-refractivity contribution in [2.75, 3.05) is 6.54 Å². The summed E-state index contributed by atoms with van der Waals surface area (Å²) >= 11 is 1.33. The van der Waals surface area contributed by atoms with E-state index in [9.17, 15) is 13.5 Å². The Bertz CT molecular complexity index is 542. The quantitative estimate of drug-likeness (QED) is 0.928. The zero-order valence-corrected chi connectivity index (χ0v) is 13.2. The Morgan fingerprint density at radius 2 is 2.16 bits per heavy atom. The first-order chi connectivity index (χ1) is 8.76. The van der Waals surface area contributed by atoms with Crippen LogP contribution < -0.4 is 0 Å². The minimum atomic E-state index is -3.47. The van der Waals surface area contributed by atoms with Gasteiger partial charge in [0.25, 0.3) is 10.0 Å². The first-order valence-electron chi connectivity index (χ1n) is 6.59. The third kappa shape index (κ3) is 2.86. The van der Waals surface area contributed by atoms with Crippen LogP contribution in [-0.2, 0) is 16.4 Å². The first-order valence-corrected chi connectivity index (χ1v) is 8.85. The Balaban J connectivity index is 2.34. The zero-order valence-electron chi connectivity index (χ0n) is 11.6. The molecule has 1 unspecified atom stereocenters. The highest BCUT2D eigenvalue weighted by Crippen LogP contribution is 2.34. The van der Waals surface area contributed by atoms with Crippen molar-refractivity contribution in [2.24, 2.45) is 0 Å². The van der Waals surface area contributed by atoms with Crippen LogP contribution in [0.2, 0.25) is 0 Å². The monoisotopic (exact) mass is 303 g/mol. The van der Waals surface area contributed by atoms with Crippen LogP contribution in [-0.4, -0.2) is 36.0 Å². The maximum absolute atomic E-state index is 12.6. The van der Waals surface area contributed by atoms with E-state index in [2.05, 4.69) is 0 Å². The summed E-state index contributed by atoms with van der Waals surface area (Å²) in [6.45, 7) is 5.86. The molecule has 108 valence electrons. The number of aryl methyl sites for hydroxylation is 1. The normalized spacial score (nSPS) is 22.0. The number of rotatable bonds is 4. The molecule has 19 heavy (non-hydrogen) atoms. The van der Waals surface area contributed by atoms with E-state index in [0.717, 1.165) is 24.1 Å². The van der Waals surface area contributed by atoms with Crippen molar-refractivity contribution in [1.82, 2.24) is 4.31 Å². The van der Waals surface area contributed by atoms with Crippen LogP contribution in [0.4, 0.5) is 0 Å². The molecule has 0 spiro atoms. The molecule has 0 aromatic carbocycles. The van der Waals surface area contributed by atoms with Gasteiger partial charge in [-0.05, 0) is 45.2 Å². The van der Waals surface area contributed by atoms with Gasteiger partial charge in [0, 0.05) is 11.4 Å². The molecule has 1 aliphatic heterocycles. The van der Waals surface area contributed by atoms with Crippen LogP contribution >= 0.6 is 11.3 Å². The lowest BCUT2D eigenvalue weighted by atomic mass is 9.98. The van der Waals surface area contributed by atoms with E-state index >= 15 is 0 Å². The molecule has 2 rings (SSSR count). The maximum atomic E-state index is 12.6. The van der Waals surface area contributed by atoms with Gasteiger partial charge in [0.2, 0.25) is 0 Å². The molecule has 6 heteroatoms. The van der Waals surface area contributed by atoms with Gasteiger partial charge in [0.1, 0.15) is 4.21 Å². The summed E-state index contributed by atoms with van der Waals surface area (Å²) in [6, 6.07) is 3.22. The summed E-state index contributed by atoms with van der Waals surface area (Å²) in [6.07, 6.45) is 2.36. The molecule has 1 aromatic rings. The lowest BCUT2D eigenvalue weighted by Crippen LogP contribution is -2.47. The van der Waals surface area contributed by atoms with Crippen molar-refractivity contribution < 1.29 is 13.5 Å². The Morgan fingerprint density at radius 3 is 2.68 bits per heavy atom. The van der Waals surface area contributed by atoms with E-state index in [1.54, 1.807) is 19.9 Å². The molecule has 2 heterocycles. The second-order valence-corrected chi connectivity index (χ2v) is 8.79. The number of hydrogen-bond acceptors (Lipinski definition) is 4. The highest BCUT2D eigenvalue weighted by molar-refractivity contribution is 7.91. The molecule has 0 aliphatic carbocycles. The molecule has 1 N–H and O–H groups in total. The third-order valence-electron chi connectivity index (χ3n) is 3.57. The van der Waals surface area contributed by atoms with Crippen molar-refractivity contribution in [2.45, 2.75) is 55.9 Å². The first kappa shape index (κ1) is 15.0. The zero-order chi connectivity index (χ0) is 14.3. The lowest BCUT2D eigenvalue weighted by Gasteiger charge is -2.32. The predicted molar refractivity (Wildman–Crippen MR) is 76.9 cm³/mol. The van der Waals surface area contributed by atoms with E-state index in [0.29, 0.717) is 10.8 Å². The molecule has 4 nitrogen and oxygen atoms in total. The molecule has 0 radical (unpaired) electrons. The summed E-state index contributed by atoms with van der Waals surface area (Å²) in [5, 5.41) is 10.1. The van der Waals surface area contributed by atoms with Crippen LogP contribution in [0.5, 0.6) is 0 Å². The molecule has 1 fully saturated rings. The van der Waals surface area contributed by atoms with Gasteiger partial charge in [-0.2, -0.15) is 4.31 Å². The predicted octanol–water partition coefficient (Wildman–Crippen LogP) is 2.23. The van der Waals surface area contributed by atoms with E-state index < -0.39 is 15.6 Å². The molecule has 0 bridgehead atoms. The van der Waals surface area contributed by atoms with Crippen molar-refractivity contribution in [1.29, 1.82) is 0 Å². The van der Waals surface area contributed by atoms with Crippen molar-refractivity contribution in [3.63, 3.8) is 0 Å².